The van der Waals surface area contributed by atoms with Gasteiger partial charge < -0.3 is 10.2 Å². The summed E-state index contributed by atoms with van der Waals surface area (Å²) in [7, 11) is 0. The number of aryl methyl sites for hydroxylation is 1. The molecule has 0 spiro atoms. The molecule has 1 atom stereocenters. The highest BCUT2D eigenvalue weighted by Crippen LogP contribution is 2.20. The van der Waals surface area contributed by atoms with Crippen LogP contribution in [0, 0.1) is 11.8 Å². The van der Waals surface area contributed by atoms with E-state index in [2.05, 4.69) is 39.3 Å². The van der Waals surface area contributed by atoms with Gasteiger partial charge in [0.05, 0.1) is 10.7 Å². The first-order valence-corrected chi connectivity index (χ1v) is 9.20. The summed E-state index contributed by atoms with van der Waals surface area (Å²) in [5.41, 5.74) is 1.18. The number of carbonyl (C=O) groups excluding carboxylic acids is 1. The number of carbonyl (C=O) groups is 1. The summed E-state index contributed by atoms with van der Waals surface area (Å²) in [6.07, 6.45) is 1.01. The maximum atomic E-state index is 12.5. The van der Waals surface area contributed by atoms with Crippen molar-refractivity contribution in [1.29, 1.82) is 0 Å². The topological polar surface area (TPSA) is 48.5 Å². The highest BCUT2D eigenvalue weighted by Gasteiger charge is 2.32. The minimum Gasteiger partial charge on any atom is -0.340 e. The number of amides is 1. The molecule has 6 heteroatoms. The number of piperazine rings is 1. The standard InChI is InChI=1S/C16H26N4OS/c1-3-15-18-14(11-22-15)10-19-4-6-20(7-5-19)16(21)12(2)13-8-17-9-13/h11-13,17H,3-10H2,1-2H3. The molecule has 1 unspecified atom stereocenters. The lowest BCUT2D eigenvalue weighted by molar-refractivity contribution is -0.139. The average molecular weight is 322 g/mol. The summed E-state index contributed by atoms with van der Waals surface area (Å²) in [5, 5.41) is 6.64. The van der Waals surface area contributed by atoms with Crippen LogP contribution in [0.4, 0.5) is 0 Å². The van der Waals surface area contributed by atoms with Crippen LogP contribution in [-0.4, -0.2) is 60.0 Å². The molecular weight excluding hydrogens is 296 g/mol. The van der Waals surface area contributed by atoms with E-state index in [-0.39, 0.29) is 5.92 Å². The second kappa shape index (κ2) is 7.06. The lowest BCUT2D eigenvalue weighted by atomic mass is 9.88. The Kier molecular flexibility index (Phi) is 5.10. The van der Waals surface area contributed by atoms with Gasteiger partial charge in [-0.05, 0) is 25.4 Å². The van der Waals surface area contributed by atoms with Crippen molar-refractivity contribution in [2.24, 2.45) is 11.8 Å². The fourth-order valence-electron chi connectivity index (χ4n) is 3.09. The SMILES string of the molecule is CCc1nc(CN2CCN(C(=O)C(C)C3CNC3)CC2)cs1. The van der Waals surface area contributed by atoms with Crippen LogP contribution in [0.15, 0.2) is 5.38 Å². The van der Waals surface area contributed by atoms with Crippen LogP contribution in [0.25, 0.3) is 0 Å². The van der Waals surface area contributed by atoms with Crippen LogP contribution in [0.1, 0.15) is 24.5 Å². The zero-order valence-electron chi connectivity index (χ0n) is 13.5. The molecule has 5 nitrogen and oxygen atoms in total. The molecule has 122 valence electrons. The lowest BCUT2D eigenvalue weighted by Crippen LogP contribution is -2.54. The van der Waals surface area contributed by atoms with Crippen molar-refractivity contribution in [1.82, 2.24) is 20.1 Å². The van der Waals surface area contributed by atoms with Gasteiger partial charge in [0.2, 0.25) is 5.91 Å². The molecule has 2 aliphatic rings. The highest BCUT2D eigenvalue weighted by molar-refractivity contribution is 7.09. The molecule has 0 saturated carbocycles. The summed E-state index contributed by atoms with van der Waals surface area (Å²) < 4.78 is 0. The van der Waals surface area contributed by atoms with Crippen LogP contribution in [-0.2, 0) is 17.8 Å². The highest BCUT2D eigenvalue weighted by atomic mass is 32.1. The van der Waals surface area contributed by atoms with Gasteiger partial charge in [-0.3, -0.25) is 9.69 Å². The zero-order valence-corrected chi connectivity index (χ0v) is 14.4. The van der Waals surface area contributed by atoms with E-state index in [0.717, 1.165) is 52.2 Å². The van der Waals surface area contributed by atoms with Gasteiger partial charge in [-0.2, -0.15) is 0 Å². The molecule has 0 aromatic carbocycles. The van der Waals surface area contributed by atoms with Crippen molar-refractivity contribution in [2.45, 2.75) is 26.8 Å². The molecule has 0 aliphatic carbocycles. The van der Waals surface area contributed by atoms with Gasteiger partial charge in [-0.1, -0.05) is 13.8 Å². The van der Waals surface area contributed by atoms with E-state index in [1.807, 2.05) is 0 Å². The Morgan fingerprint density at radius 2 is 2.14 bits per heavy atom. The first-order chi connectivity index (χ1) is 10.7. The predicted molar refractivity (Wildman–Crippen MR) is 88.9 cm³/mol. The molecule has 22 heavy (non-hydrogen) atoms. The van der Waals surface area contributed by atoms with Gasteiger partial charge in [0.1, 0.15) is 0 Å². The number of nitrogens with zero attached hydrogens (tertiary/aromatic N) is 3. The zero-order chi connectivity index (χ0) is 15.5. The summed E-state index contributed by atoms with van der Waals surface area (Å²) in [4.78, 5) is 21.6. The smallest absolute Gasteiger partial charge is 0.225 e. The monoisotopic (exact) mass is 322 g/mol. The second-order valence-electron chi connectivity index (χ2n) is 6.39. The van der Waals surface area contributed by atoms with Crippen LogP contribution in [0.5, 0.6) is 0 Å². The van der Waals surface area contributed by atoms with Gasteiger partial charge in [0.15, 0.2) is 0 Å². The molecule has 1 N–H and O–H groups in total. The van der Waals surface area contributed by atoms with Gasteiger partial charge in [0, 0.05) is 44.0 Å². The Labute approximate surface area is 136 Å². The van der Waals surface area contributed by atoms with Gasteiger partial charge in [0.25, 0.3) is 0 Å². The average Bonchev–Trinajstić information content (AvgIpc) is 2.93. The summed E-state index contributed by atoms with van der Waals surface area (Å²) in [5.74, 6) is 1.04. The number of hydrogen-bond donors (Lipinski definition) is 1. The first kappa shape index (κ1) is 15.9. The van der Waals surface area contributed by atoms with Crippen molar-refractivity contribution in [3.8, 4) is 0 Å². The third-order valence-corrected chi connectivity index (χ3v) is 5.92. The second-order valence-corrected chi connectivity index (χ2v) is 7.34. The van der Waals surface area contributed by atoms with E-state index in [0.29, 0.717) is 11.8 Å². The van der Waals surface area contributed by atoms with Crippen molar-refractivity contribution in [2.75, 3.05) is 39.3 Å². The molecule has 0 radical (unpaired) electrons. The van der Waals surface area contributed by atoms with Crippen LogP contribution >= 0.6 is 11.3 Å². The first-order valence-electron chi connectivity index (χ1n) is 8.32. The minimum atomic E-state index is 0.165. The van der Waals surface area contributed by atoms with Crippen LogP contribution in [0.3, 0.4) is 0 Å². The maximum absolute atomic E-state index is 12.5. The Balaban J connectivity index is 1.46. The quantitative estimate of drug-likeness (QED) is 0.885. The maximum Gasteiger partial charge on any atom is 0.225 e. The molecular formula is C16H26N4OS. The van der Waals surface area contributed by atoms with Gasteiger partial charge in [-0.15, -0.1) is 11.3 Å². The van der Waals surface area contributed by atoms with Gasteiger partial charge >= 0.3 is 0 Å². The van der Waals surface area contributed by atoms with E-state index in [1.165, 1.54) is 10.7 Å². The number of nitrogens with one attached hydrogen (secondary N) is 1. The Morgan fingerprint density at radius 1 is 1.41 bits per heavy atom. The molecule has 1 amide bonds. The molecule has 2 saturated heterocycles. The third kappa shape index (κ3) is 3.50. The lowest BCUT2D eigenvalue weighted by Gasteiger charge is -2.39. The molecule has 2 aliphatic heterocycles. The minimum absolute atomic E-state index is 0.165. The van der Waals surface area contributed by atoms with Crippen molar-refractivity contribution < 1.29 is 4.79 Å². The van der Waals surface area contributed by atoms with Crippen molar-refractivity contribution in [3.05, 3.63) is 16.1 Å². The Morgan fingerprint density at radius 3 is 2.68 bits per heavy atom. The Bertz CT molecular complexity index is 506. The molecule has 0 bridgehead atoms. The third-order valence-electron chi connectivity index (χ3n) is 4.88. The van der Waals surface area contributed by atoms with Gasteiger partial charge in [-0.25, -0.2) is 4.98 Å². The fraction of sp³-hybridized carbons (Fsp3) is 0.750. The number of rotatable bonds is 5. The molecule has 3 heterocycles. The number of aromatic nitrogens is 1. The van der Waals surface area contributed by atoms with E-state index >= 15 is 0 Å². The van der Waals surface area contributed by atoms with E-state index in [1.54, 1.807) is 11.3 Å². The number of hydrogen-bond acceptors (Lipinski definition) is 5. The van der Waals surface area contributed by atoms with E-state index < -0.39 is 0 Å². The Hall–Kier alpha value is -0.980. The molecule has 1 aromatic rings. The largest absolute Gasteiger partial charge is 0.340 e. The summed E-state index contributed by atoms with van der Waals surface area (Å²) in [6, 6.07) is 0. The van der Waals surface area contributed by atoms with Crippen molar-refractivity contribution >= 4 is 17.2 Å². The molecule has 3 rings (SSSR count). The van der Waals surface area contributed by atoms with E-state index in [9.17, 15) is 4.79 Å². The molecule has 1 aromatic heterocycles. The number of thiazole rings is 1. The van der Waals surface area contributed by atoms with E-state index in [4.69, 9.17) is 0 Å². The van der Waals surface area contributed by atoms with Crippen LogP contribution < -0.4 is 5.32 Å². The summed E-state index contributed by atoms with van der Waals surface area (Å²) >= 11 is 1.75. The van der Waals surface area contributed by atoms with Crippen LogP contribution in [0.2, 0.25) is 0 Å². The molecule has 2 fully saturated rings. The predicted octanol–water partition coefficient (Wildman–Crippen LogP) is 1.21. The summed E-state index contributed by atoms with van der Waals surface area (Å²) in [6.45, 7) is 10.8. The normalized spacial score (nSPS) is 21.6. The fourth-order valence-corrected chi connectivity index (χ4v) is 3.83. The van der Waals surface area contributed by atoms with Crippen molar-refractivity contribution in [3.63, 3.8) is 0 Å².